The van der Waals surface area contributed by atoms with Gasteiger partial charge in [0.15, 0.2) is 0 Å². The van der Waals surface area contributed by atoms with Gasteiger partial charge in [-0.05, 0) is 24.3 Å². The first-order valence-corrected chi connectivity index (χ1v) is 6.28. The molecule has 0 radical (unpaired) electrons. The topological polar surface area (TPSA) is 93.5 Å². The number of carbonyl (C=O) groups excluding carboxylic acids is 1. The molecule has 21 heavy (non-hydrogen) atoms. The van der Waals surface area contributed by atoms with Gasteiger partial charge in [0.25, 0.3) is 0 Å². The van der Waals surface area contributed by atoms with Crippen LogP contribution in [-0.4, -0.2) is 33.9 Å². The van der Waals surface area contributed by atoms with Crippen molar-refractivity contribution in [1.82, 2.24) is 9.78 Å². The molecule has 0 spiro atoms. The van der Waals surface area contributed by atoms with E-state index in [-0.39, 0.29) is 17.9 Å². The van der Waals surface area contributed by atoms with Crippen molar-refractivity contribution in [3.8, 4) is 5.75 Å². The summed E-state index contributed by atoms with van der Waals surface area (Å²) in [6.07, 6.45) is 2.85. The van der Waals surface area contributed by atoms with Crippen molar-refractivity contribution in [1.29, 1.82) is 0 Å². The van der Waals surface area contributed by atoms with Crippen LogP contribution in [0.3, 0.4) is 0 Å². The third-order valence-electron chi connectivity index (χ3n) is 2.82. The summed E-state index contributed by atoms with van der Waals surface area (Å²) in [4.78, 5) is 22.5. The molecule has 1 aromatic heterocycles. The monoisotopic (exact) mass is 289 g/mol. The molecule has 0 aliphatic rings. The number of anilines is 1. The van der Waals surface area contributed by atoms with E-state index in [1.807, 2.05) is 0 Å². The van der Waals surface area contributed by atoms with Crippen LogP contribution in [0.5, 0.6) is 5.75 Å². The van der Waals surface area contributed by atoms with Crippen molar-refractivity contribution in [2.45, 2.75) is 13.0 Å². The Bertz CT molecular complexity index is 634. The van der Waals surface area contributed by atoms with E-state index in [1.54, 1.807) is 31.4 Å². The van der Waals surface area contributed by atoms with Gasteiger partial charge in [-0.1, -0.05) is 0 Å². The van der Waals surface area contributed by atoms with E-state index in [1.165, 1.54) is 17.1 Å². The number of hydrogen-bond donors (Lipinski definition) is 2. The van der Waals surface area contributed by atoms with Crippen molar-refractivity contribution < 1.29 is 19.4 Å². The fourth-order valence-electron chi connectivity index (χ4n) is 1.71. The Morgan fingerprint density at radius 1 is 1.33 bits per heavy atom. The second kappa shape index (κ2) is 6.56. The number of carbonyl (C=O) groups is 2. The highest BCUT2D eigenvalue weighted by molar-refractivity contribution is 5.90. The molecule has 2 N–H and O–H groups in total. The van der Waals surface area contributed by atoms with Gasteiger partial charge in [0.2, 0.25) is 5.91 Å². The van der Waals surface area contributed by atoms with Gasteiger partial charge >= 0.3 is 5.97 Å². The Labute approximate surface area is 121 Å². The highest BCUT2D eigenvalue weighted by atomic mass is 16.5. The molecule has 2 rings (SSSR count). The van der Waals surface area contributed by atoms with Crippen LogP contribution in [-0.2, 0) is 11.3 Å². The largest absolute Gasteiger partial charge is 0.497 e. The molecular formula is C14H15N3O4. The summed E-state index contributed by atoms with van der Waals surface area (Å²) in [5.41, 5.74) is 0.776. The van der Waals surface area contributed by atoms with Crippen LogP contribution in [0, 0.1) is 0 Å². The van der Waals surface area contributed by atoms with Crippen LogP contribution in [0.1, 0.15) is 16.8 Å². The number of aromatic carboxylic acids is 1. The number of aromatic nitrogens is 2. The predicted molar refractivity (Wildman–Crippen MR) is 75.4 cm³/mol. The van der Waals surface area contributed by atoms with Crippen LogP contribution >= 0.6 is 0 Å². The van der Waals surface area contributed by atoms with Crippen LogP contribution < -0.4 is 10.1 Å². The first-order valence-electron chi connectivity index (χ1n) is 6.28. The SMILES string of the molecule is COc1ccc(NC(=O)CCn2cc(C(=O)O)cn2)cc1. The molecule has 1 heterocycles. The highest BCUT2D eigenvalue weighted by Crippen LogP contribution is 2.15. The lowest BCUT2D eigenvalue weighted by Gasteiger charge is -2.06. The summed E-state index contributed by atoms with van der Waals surface area (Å²) in [6, 6.07) is 6.99. The summed E-state index contributed by atoms with van der Waals surface area (Å²) in [6.45, 7) is 0.315. The van der Waals surface area contributed by atoms with Crippen LogP contribution in [0.25, 0.3) is 0 Å². The number of amides is 1. The molecule has 1 aromatic carbocycles. The lowest BCUT2D eigenvalue weighted by atomic mass is 10.3. The molecule has 1 amide bonds. The molecule has 0 bridgehead atoms. The molecular weight excluding hydrogens is 274 g/mol. The molecule has 7 nitrogen and oxygen atoms in total. The maximum Gasteiger partial charge on any atom is 0.338 e. The third kappa shape index (κ3) is 4.07. The second-order valence-corrected chi connectivity index (χ2v) is 4.32. The number of carboxylic acid groups (broad SMARTS) is 1. The average Bonchev–Trinajstić information content (AvgIpc) is 2.95. The quantitative estimate of drug-likeness (QED) is 0.842. The average molecular weight is 289 g/mol. The standard InChI is InChI=1S/C14H15N3O4/c1-21-12-4-2-11(3-5-12)16-13(18)6-7-17-9-10(8-15-17)14(19)20/h2-5,8-9H,6-7H2,1H3,(H,16,18)(H,19,20). The number of methoxy groups -OCH3 is 1. The molecule has 7 heteroatoms. The van der Waals surface area contributed by atoms with Gasteiger partial charge in [-0.3, -0.25) is 9.48 Å². The Kier molecular flexibility index (Phi) is 4.55. The van der Waals surface area contributed by atoms with Crippen LogP contribution in [0.15, 0.2) is 36.7 Å². The number of benzene rings is 1. The van der Waals surface area contributed by atoms with Crippen LogP contribution in [0.4, 0.5) is 5.69 Å². The molecule has 2 aromatic rings. The van der Waals surface area contributed by atoms with Crippen LogP contribution in [0.2, 0.25) is 0 Å². The van der Waals surface area contributed by atoms with Crippen molar-refractivity contribution in [2.75, 3.05) is 12.4 Å². The normalized spacial score (nSPS) is 10.1. The zero-order chi connectivity index (χ0) is 15.2. The first kappa shape index (κ1) is 14.6. The minimum Gasteiger partial charge on any atom is -0.497 e. The maximum atomic E-state index is 11.8. The number of ether oxygens (including phenoxy) is 1. The van der Waals surface area contributed by atoms with E-state index in [2.05, 4.69) is 10.4 Å². The molecule has 0 saturated carbocycles. The Morgan fingerprint density at radius 2 is 2.05 bits per heavy atom. The summed E-state index contributed by atoms with van der Waals surface area (Å²) in [5.74, 6) is -0.498. The summed E-state index contributed by atoms with van der Waals surface area (Å²) >= 11 is 0. The molecule has 0 fully saturated rings. The summed E-state index contributed by atoms with van der Waals surface area (Å²) in [5, 5.41) is 15.4. The van der Waals surface area contributed by atoms with Gasteiger partial charge in [0.1, 0.15) is 5.75 Å². The Hall–Kier alpha value is -2.83. The number of aryl methyl sites for hydroxylation is 1. The summed E-state index contributed by atoms with van der Waals surface area (Å²) in [7, 11) is 1.57. The third-order valence-corrected chi connectivity index (χ3v) is 2.82. The summed E-state index contributed by atoms with van der Waals surface area (Å²) < 4.78 is 6.46. The molecule has 0 aliphatic carbocycles. The Morgan fingerprint density at radius 3 is 2.62 bits per heavy atom. The van der Waals surface area contributed by atoms with E-state index in [0.717, 1.165) is 0 Å². The number of nitrogens with zero attached hydrogens (tertiary/aromatic N) is 2. The van der Waals surface area contributed by atoms with Crippen molar-refractivity contribution in [3.05, 3.63) is 42.2 Å². The Balaban J connectivity index is 1.84. The predicted octanol–water partition coefficient (Wildman–Crippen LogP) is 1.62. The van der Waals surface area contributed by atoms with Gasteiger partial charge < -0.3 is 15.2 Å². The fraction of sp³-hybridized carbons (Fsp3) is 0.214. The van der Waals surface area contributed by atoms with E-state index in [0.29, 0.717) is 18.0 Å². The number of carboxylic acids is 1. The highest BCUT2D eigenvalue weighted by Gasteiger charge is 2.07. The zero-order valence-corrected chi connectivity index (χ0v) is 11.4. The molecule has 0 atom stereocenters. The van der Waals surface area contributed by atoms with Crippen molar-refractivity contribution in [3.63, 3.8) is 0 Å². The number of rotatable bonds is 6. The van der Waals surface area contributed by atoms with E-state index in [9.17, 15) is 9.59 Å². The smallest absolute Gasteiger partial charge is 0.338 e. The fourth-order valence-corrected chi connectivity index (χ4v) is 1.71. The van der Waals surface area contributed by atoms with Gasteiger partial charge in [-0.2, -0.15) is 5.10 Å². The van der Waals surface area contributed by atoms with E-state index < -0.39 is 5.97 Å². The van der Waals surface area contributed by atoms with Gasteiger partial charge in [0, 0.05) is 24.8 Å². The zero-order valence-electron chi connectivity index (χ0n) is 11.4. The molecule has 0 unspecified atom stereocenters. The van der Waals surface area contributed by atoms with E-state index in [4.69, 9.17) is 9.84 Å². The number of hydrogen-bond acceptors (Lipinski definition) is 4. The minimum atomic E-state index is -1.04. The number of nitrogens with one attached hydrogen (secondary N) is 1. The van der Waals surface area contributed by atoms with Gasteiger partial charge in [-0.15, -0.1) is 0 Å². The van der Waals surface area contributed by atoms with Gasteiger partial charge in [0.05, 0.1) is 18.9 Å². The first-order chi connectivity index (χ1) is 10.1. The van der Waals surface area contributed by atoms with Gasteiger partial charge in [-0.25, -0.2) is 4.79 Å². The molecule has 0 aliphatic heterocycles. The van der Waals surface area contributed by atoms with Crippen molar-refractivity contribution in [2.24, 2.45) is 0 Å². The minimum absolute atomic E-state index is 0.102. The lowest BCUT2D eigenvalue weighted by Crippen LogP contribution is -2.14. The molecule has 0 saturated heterocycles. The second-order valence-electron chi connectivity index (χ2n) is 4.32. The van der Waals surface area contributed by atoms with E-state index >= 15 is 0 Å². The lowest BCUT2D eigenvalue weighted by molar-refractivity contribution is -0.116. The molecule has 110 valence electrons. The van der Waals surface area contributed by atoms with Crippen molar-refractivity contribution >= 4 is 17.6 Å². The maximum absolute atomic E-state index is 11.8.